The smallest absolute Gasteiger partial charge is 0.252 e. The van der Waals surface area contributed by atoms with E-state index in [0.29, 0.717) is 0 Å². The first-order valence-corrected chi connectivity index (χ1v) is 37.2. The fraction of sp³-hybridized carbons (Fsp3) is 0.118. The lowest BCUT2D eigenvalue weighted by Crippen LogP contribution is -2.61. The predicted octanol–water partition coefficient (Wildman–Crippen LogP) is 26.3. The van der Waals surface area contributed by atoms with Crippen LogP contribution in [0.3, 0.4) is 0 Å². The van der Waals surface area contributed by atoms with Gasteiger partial charge in [0.2, 0.25) is 0 Å². The average Bonchev–Trinajstić information content (AvgIpc) is 0.686. The maximum atomic E-state index is 2.71. The molecule has 17 rings (SSSR count). The topological polar surface area (TPSA) is 6.48 Å². The van der Waals surface area contributed by atoms with Crippen LogP contribution in [0.2, 0.25) is 0 Å². The molecule has 0 N–H and O–H groups in total. The molecule has 0 radical (unpaired) electrons. The van der Waals surface area contributed by atoms with E-state index in [9.17, 15) is 0 Å². The highest BCUT2D eigenvalue weighted by atomic mass is 15.2. The Morgan fingerprint density at radius 3 is 0.733 bits per heavy atom. The van der Waals surface area contributed by atoms with Gasteiger partial charge >= 0.3 is 0 Å². The minimum Gasteiger partial charge on any atom is -0.311 e. The highest BCUT2D eigenvalue weighted by Gasteiger charge is 2.46. The number of fused-ring (bicyclic) bond motifs is 4. The molecule has 0 amide bonds. The van der Waals surface area contributed by atoms with Crippen LogP contribution in [0, 0.1) is 0 Å². The van der Waals surface area contributed by atoms with Gasteiger partial charge in [0.1, 0.15) is 0 Å². The first kappa shape index (κ1) is 66.2. The van der Waals surface area contributed by atoms with Crippen molar-refractivity contribution >= 4 is 57.2 Å². The van der Waals surface area contributed by atoms with Gasteiger partial charge in [0.25, 0.3) is 6.71 Å². The summed E-state index contributed by atoms with van der Waals surface area (Å²) in [5, 5.41) is 0. The predicted molar refractivity (Wildman–Crippen MR) is 451 cm³/mol. The van der Waals surface area contributed by atoms with Crippen molar-refractivity contribution in [1.29, 1.82) is 0 Å². The monoisotopic (exact) mass is 1350 g/mol. The lowest BCUT2D eigenvalue weighted by atomic mass is 9.33. The second-order valence-corrected chi connectivity index (χ2v) is 31.5. The lowest BCUT2D eigenvalue weighted by Gasteiger charge is -2.46. The highest BCUT2D eigenvalue weighted by Crippen LogP contribution is 2.58. The third kappa shape index (κ3) is 12.1. The molecule has 2 aliphatic heterocycles. The van der Waals surface area contributed by atoms with Gasteiger partial charge in [-0.05, 0) is 175 Å². The van der Waals surface area contributed by atoms with E-state index < -0.39 is 0 Å². The van der Waals surface area contributed by atoms with Gasteiger partial charge in [-0.2, -0.15) is 0 Å². The van der Waals surface area contributed by atoms with E-state index in [2.05, 4.69) is 424 Å². The normalized spacial score (nSPS) is 12.6. The number of nitrogens with zero attached hydrogens (tertiary/aromatic N) is 2. The van der Waals surface area contributed by atoms with Gasteiger partial charge in [0, 0.05) is 45.0 Å². The van der Waals surface area contributed by atoms with Crippen LogP contribution in [0.4, 0.5) is 34.1 Å². The van der Waals surface area contributed by atoms with Crippen molar-refractivity contribution in [3.05, 3.63) is 369 Å². The van der Waals surface area contributed by atoms with E-state index in [1.165, 1.54) is 77.6 Å². The molecular formula is C102H85BN2. The first-order chi connectivity index (χ1) is 51.0. The van der Waals surface area contributed by atoms with Crippen LogP contribution in [0.15, 0.2) is 352 Å². The third-order valence-electron chi connectivity index (χ3n) is 21.7. The fourth-order valence-corrected chi connectivity index (χ4v) is 16.4. The van der Waals surface area contributed by atoms with E-state index in [0.717, 1.165) is 101 Å². The first-order valence-electron chi connectivity index (χ1n) is 37.2. The zero-order valence-electron chi connectivity index (χ0n) is 61.5. The van der Waals surface area contributed by atoms with Crippen molar-refractivity contribution in [2.45, 2.75) is 78.6 Å². The van der Waals surface area contributed by atoms with Crippen LogP contribution in [-0.2, 0) is 16.2 Å². The molecule has 15 aromatic carbocycles. The van der Waals surface area contributed by atoms with Gasteiger partial charge in [-0.1, -0.05) is 378 Å². The summed E-state index contributed by atoms with van der Waals surface area (Å²) in [6.45, 7) is 20.8. The molecule has 3 heteroatoms. The average molecular weight is 1350 g/mol. The largest absolute Gasteiger partial charge is 0.311 e. The van der Waals surface area contributed by atoms with Crippen molar-refractivity contribution < 1.29 is 0 Å². The minimum absolute atomic E-state index is 0.0148. The SMILES string of the molecule is CC(C)(C)c1ccc(-c2ccc3c(c2)B2c4cc(-c5ccc(C(C)(C)C)cc5)ccc4N(c4cc(-c5ccccc5)c(-c5ccccc5)c(-c5ccccc5)c4-c4ccccc4)c4cc(C(C)(C)C)cc(c42)N3c2cc(-c3ccccc3)c(-c3ccccc3)c(-c3ccccc3)c2-c2ccccc2)cc1. The summed E-state index contributed by atoms with van der Waals surface area (Å²) >= 11 is 0. The van der Waals surface area contributed by atoms with Crippen LogP contribution in [0.25, 0.3) is 111 Å². The van der Waals surface area contributed by atoms with E-state index in [4.69, 9.17) is 0 Å². The van der Waals surface area contributed by atoms with Gasteiger partial charge in [0.05, 0.1) is 11.4 Å². The summed E-state index contributed by atoms with van der Waals surface area (Å²) in [5.74, 6) is 0. The van der Waals surface area contributed by atoms with Gasteiger partial charge in [0.15, 0.2) is 0 Å². The van der Waals surface area contributed by atoms with Crippen molar-refractivity contribution in [2.24, 2.45) is 0 Å². The molecule has 0 fully saturated rings. The molecule has 0 atom stereocenters. The van der Waals surface area contributed by atoms with Gasteiger partial charge in [-0.15, -0.1) is 0 Å². The standard InChI is InChI=1S/C102H85BN2/c1-100(2,3)80-56-50-68(51-57-80)78-54-60-87-85(62-78)103-86-63-79(69-52-58-81(59-53-69)101(4,5)6)55-61-88(86)105(90-67-84(71-36-20-11-21-37-71)94(73-40-24-13-25-41-73)98(77-48-32-17-33-49-77)96(90)75-44-28-15-29-45-75)92-65-82(102(7,8)9)64-91(99(92)103)104(87)89-66-83(70-34-18-10-19-35-70)93(72-38-22-12-23-39-72)97(76-46-30-16-31-47-76)95(89)74-42-26-14-27-43-74/h10-67H,1-9H3. The number of hydrogen-bond donors (Lipinski definition) is 0. The summed E-state index contributed by atoms with van der Waals surface area (Å²) in [4.78, 5) is 5.42. The zero-order chi connectivity index (χ0) is 71.7. The van der Waals surface area contributed by atoms with Crippen molar-refractivity contribution in [2.75, 3.05) is 9.80 Å². The Morgan fingerprint density at radius 1 is 0.190 bits per heavy atom. The number of rotatable bonds is 12. The molecule has 0 aliphatic carbocycles. The number of benzene rings is 15. The van der Waals surface area contributed by atoms with Gasteiger partial charge < -0.3 is 9.80 Å². The second kappa shape index (κ2) is 26.7. The molecule has 0 saturated carbocycles. The van der Waals surface area contributed by atoms with Crippen LogP contribution in [-0.4, -0.2) is 6.71 Å². The Bertz CT molecular complexity index is 5350. The molecular weight excluding hydrogens is 1260 g/mol. The third-order valence-corrected chi connectivity index (χ3v) is 21.7. The minimum atomic E-state index is -0.335. The van der Waals surface area contributed by atoms with E-state index in [-0.39, 0.29) is 23.0 Å². The number of anilines is 6. The molecule has 506 valence electrons. The van der Waals surface area contributed by atoms with E-state index in [1.54, 1.807) is 0 Å². The molecule has 0 spiro atoms. The molecule has 2 nitrogen and oxygen atoms in total. The molecule has 2 aliphatic rings. The lowest BCUT2D eigenvalue weighted by molar-refractivity contribution is 0.590. The van der Waals surface area contributed by atoms with Crippen molar-refractivity contribution in [3.8, 4) is 111 Å². The number of hydrogen-bond acceptors (Lipinski definition) is 2. The summed E-state index contributed by atoms with van der Waals surface area (Å²) < 4.78 is 0. The van der Waals surface area contributed by atoms with Crippen molar-refractivity contribution in [1.82, 2.24) is 0 Å². The molecule has 0 saturated heterocycles. The molecule has 0 unspecified atom stereocenters. The van der Waals surface area contributed by atoms with Gasteiger partial charge in [-0.25, -0.2) is 0 Å². The summed E-state index contributed by atoms with van der Waals surface area (Å²) in [7, 11) is 0. The van der Waals surface area contributed by atoms with Crippen LogP contribution < -0.4 is 26.2 Å². The Morgan fingerprint density at radius 2 is 0.448 bits per heavy atom. The zero-order valence-corrected chi connectivity index (χ0v) is 61.5. The fourth-order valence-electron chi connectivity index (χ4n) is 16.4. The second-order valence-electron chi connectivity index (χ2n) is 31.5. The summed E-state index contributed by atoms with van der Waals surface area (Å²) in [6.07, 6.45) is 0. The van der Waals surface area contributed by atoms with Crippen LogP contribution in [0.5, 0.6) is 0 Å². The maximum absolute atomic E-state index is 2.71. The van der Waals surface area contributed by atoms with Crippen molar-refractivity contribution in [3.63, 3.8) is 0 Å². The highest BCUT2D eigenvalue weighted by molar-refractivity contribution is 7.00. The van der Waals surface area contributed by atoms with Crippen LogP contribution >= 0.6 is 0 Å². The summed E-state index contributed by atoms with van der Waals surface area (Å²) in [6, 6.07) is 133. The van der Waals surface area contributed by atoms with E-state index >= 15 is 0 Å². The Labute approximate surface area is 621 Å². The Balaban J connectivity index is 1.08. The summed E-state index contributed by atoms with van der Waals surface area (Å²) in [5.41, 5.74) is 37.1. The van der Waals surface area contributed by atoms with Gasteiger partial charge in [-0.3, -0.25) is 0 Å². The molecule has 2 heterocycles. The van der Waals surface area contributed by atoms with E-state index in [1.807, 2.05) is 0 Å². The molecule has 0 bridgehead atoms. The molecule has 0 aromatic heterocycles. The Hall–Kier alpha value is -12.0. The maximum Gasteiger partial charge on any atom is 0.252 e. The Kier molecular flexibility index (Phi) is 16.8. The quantitative estimate of drug-likeness (QED) is 0.113. The molecule has 15 aromatic rings. The van der Waals surface area contributed by atoms with Crippen LogP contribution in [0.1, 0.15) is 79.0 Å². The molecule has 105 heavy (non-hydrogen) atoms.